The van der Waals surface area contributed by atoms with Crippen LogP contribution in [0.2, 0.25) is 0 Å². The van der Waals surface area contributed by atoms with E-state index < -0.39 is 5.72 Å². The number of H-pyrrole nitrogens is 1. The van der Waals surface area contributed by atoms with Gasteiger partial charge in [-0.15, -0.1) is 0 Å². The summed E-state index contributed by atoms with van der Waals surface area (Å²) < 4.78 is 0. The highest BCUT2D eigenvalue weighted by Crippen LogP contribution is 2.32. The molecule has 1 aliphatic rings. The summed E-state index contributed by atoms with van der Waals surface area (Å²) in [6, 6.07) is 11.0. The molecule has 0 spiro atoms. The van der Waals surface area contributed by atoms with Crippen LogP contribution in [-0.2, 0) is 5.72 Å². The van der Waals surface area contributed by atoms with Crippen LogP contribution in [0.3, 0.4) is 0 Å². The van der Waals surface area contributed by atoms with Gasteiger partial charge in [0.25, 0.3) is 5.56 Å². The number of piperidine rings is 1. The van der Waals surface area contributed by atoms with E-state index in [-0.39, 0.29) is 5.56 Å². The van der Waals surface area contributed by atoms with Crippen molar-refractivity contribution in [2.24, 2.45) is 0 Å². The van der Waals surface area contributed by atoms with Gasteiger partial charge in [-0.25, -0.2) is 5.10 Å². The SMILES string of the molecule is CCC(O)(c1ccc(-c2ccc(=O)[nH]n2)cc1)N1CCCCC1. The lowest BCUT2D eigenvalue weighted by atomic mass is 9.94. The molecule has 0 aliphatic carbocycles. The van der Waals surface area contributed by atoms with Crippen molar-refractivity contribution in [1.29, 1.82) is 0 Å². The van der Waals surface area contributed by atoms with Crippen molar-refractivity contribution >= 4 is 0 Å². The summed E-state index contributed by atoms with van der Waals surface area (Å²) in [7, 11) is 0. The normalized spacial score (nSPS) is 18.5. The Hall–Kier alpha value is -1.98. The molecule has 0 saturated carbocycles. The number of hydrogen-bond donors (Lipinski definition) is 2. The first-order valence-corrected chi connectivity index (χ1v) is 8.27. The largest absolute Gasteiger partial charge is 0.371 e. The molecule has 122 valence electrons. The summed E-state index contributed by atoms with van der Waals surface area (Å²) in [6.07, 6.45) is 4.18. The Kier molecular flexibility index (Phi) is 4.59. The number of likely N-dealkylation sites (tertiary alicyclic amines) is 1. The fourth-order valence-electron chi connectivity index (χ4n) is 3.29. The average molecular weight is 313 g/mol. The van der Waals surface area contributed by atoms with Gasteiger partial charge < -0.3 is 5.11 Å². The highest BCUT2D eigenvalue weighted by Gasteiger charge is 2.35. The highest BCUT2D eigenvalue weighted by molar-refractivity contribution is 5.58. The number of nitrogens with one attached hydrogen (secondary N) is 1. The van der Waals surface area contributed by atoms with Crippen molar-refractivity contribution in [3.8, 4) is 11.3 Å². The molecule has 1 unspecified atom stereocenters. The molecule has 5 heteroatoms. The van der Waals surface area contributed by atoms with Crippen LogP contribution in [-0.4, -0.2) is 33.3 Å². The maximum atomic E-state index is 11.2. The van der Waals surface area contributed by atoms with E-state index in [1.807, 2.05) is 31.2 Å². The summed E-state index contributed by atoms with van der Waals surface area (Å²) in [6.45, 7) is 3.90. The molecule has 1 aromatic carbocycles. The summed E-state index contributed by atoms with van der Waals surface area (Å²) >= 11 is 0. The zero-order valence-electron chi connectivity index (χ0n) is 13.5. The minimum Gasteiger partial charge on any atom is -0.371 e. The van der Waals surface area contributed by atoms with Gasteiger partial charge in [0.05, 0.1) is 5.69 Å². The zero-order valence-corrected chi connectivity index (χ0v) is 13.5. The van der Waals surface area contributed by atoms with Gasteiger partial charge in [0.1, 0.15) is 5.72 Å². The minimum atomic E-state index is -0.905. The van der Waals surface area contributed by atoms with Crippen molar-refractivity contribution in [2.45, 2.75) is 38.3 Å². The number of rotatable bonds is 4. The van der Waals surface area contributed by atoms with Crippen molar-refractivity contribution in [3.63, 3.8) is 0 Å². The van der Waals surface area contributed by atoms with E-state index in [1.54, 1.807) is 6.07 Å². The van der Waals surface area contributed by atoms with Gasteiger partial charge >= 0.3 is 0 Å². The number of benzene rings is 1. The van der Waals surface area contributed by atoms with Crippen LogP contribution in [0.1, 0.15) is 38.2 Å². The average Bonchev–Trinajstić information content (AvgIpc) is 2.62. The van der Waals surface area contributed by atoms with Gasteiger partial charge in [-0.3, -0.25) is 9.69 Å². The number of aliphatic hydroxyl groups is 1. The molecule has 0 amide bonds. The molecule has 1 aromatic heterocycles. The number of nitrogens with zero attached hydrogens (tertiary/aromatic N) is 2. The summed E-state index contributed by atoms with van der Waals surface area (Å²) in [5.41, 5.74) is 1.43. The molecule has 0 radical (unpaired) electrons. The van der Waals surface area contributed by atoms with Gasteiger partial charge in [0.15, 0.2) is 0 Å². The molecule has 1 saturated heterocycles. The topological polar surface area (TPSA) is 69.2 Å². The molecular weight excluding hydrogens is 290 g/mol. The van der Waals surface area contributed by atoms with Crippen molar-refractivity contribution in [1.82, 2.24) is 15.1 Å². The lowest BCUT2D eigenvalue weighted by Gasteiger charge is -2.41. The van der Waals surface area contributed by atoms with Gasteiger partial charge in [-0.05, 0) is 30.9 Å². The Morgan fingerprint density at radius 1 is 1.13 bits per heavy atom. The maximum absolute atomic E-state index is 11.2. The lowest BCUT2D eigenvalue weighted by Crippen LogP contribution is -2.48. The number of aromatic nitrogens is 2. The second-order valence-electron chi connectivity index (χ2n) is 6.10. The van der Waals surface area contributed by atoms with E-state index in [2.05, 4.69) is 15.1 Å². The minimum absolute atomic E-state index is 0.212. The fourth-order valence-corrected chi connectivity index (χ4v) is 3.29. The molecule has 5 nitrogen and oxygen atoms in total. The van der Waals surface area contributed by atoms with E-state index in [9.17, 15) is 9.90 Å². The smallest absolute Gasteiger partial charge is 0.264 e. The Morgan fingerprint density at radius 2 is 1.83 bits per heavy atom. The first kappa shape index (κ1) is 15.9. The predicted molar refractivity (Wildman–Crippen MR) is 89.9 cm³/mol. The van der Waals surface area contributed by atoms with Crippen LogP contribution in [0.25, 0.3) is 11.3 Å². The second-order valence-corrected chi connectivity index (χ2v) is 6.10. The van der Waals surface area contributed by atoms with E-state index in [0.717, 1.165) is 37.1 Å². The fraction of sp³-hybridized carbons (Fsp3) is 0.444. The van der Waals surface area contributed by atoms with E-state index in [1.165, 1.54) is 12.5 Å². The molecule has 2 aromatic rings. The van der Waals surface area contributed by atoms with E-state index >= 15 is 0 Å². The quantitative estimate of drug-likeness (QED) is 0.910. The Morgan fingerprint density at radius 3 is 2.39 bits per heavy atom. The first-order chi connectivity index (χ1) is 11.1. The van der Waals surface area contributed by atoms with Crippen molar-refractivity contribution in [3.05, 3.63) is 52.3 Å². The number of aromatic amines is 1. The van der Waals surface area contributed by atoms with Gasteiger partial charge in [-0.2, -0.15) is 5.10 Å². The van der Waals surface area contributed by atoms with Gasteiger partial charge in [0, 0.05) is 24.7 Å². The Balaban J connectivity index is 1.87. The summed E-state index contributed by atoms with van der Waals surface area (Å²) in [5.74, 6) is 0. The van der Waals surface area contributed by atoms with E-state index in [0.29, 0.717) is 12.1 Å². The Bertz CT molecular complexity index is 684. The highest BCUT2D eigenvalue weighted by atomic mass is 16.3. The molecule has 23 heavy (non-hydrogen) atoms. The molecule has 2 N–H and O–H groups in total. The van der Waals surface area contributed by atoms with Crippen LogP contribution >= 0.6 is 0 Å². The standard InChI is InChI=1S/C18H23N3O2/c1-2-18(23,21-12-4-3-5-13-21)15-8-6-14(7-9-15)16-10-11-17(22)20-19-16/h6-11,23H,2-5,12-13H2,1H3,(H,20,22). The molecule has 0 bridgehead atoms. The lowest BCUT2D eigenvalue weighted by molar-refractivity contribution is -0.126. The summed E-state index contributed by atoms with van der Waals surface area (Å²) in [4.78, 5) is 13.3. The van der Waals surface area contributed by atoms with Crippen LogP contribution in [0.15, 0.2) is 41.2 Å². The van der Waals surface area contributed by atoms with Gasteiger partial charge in [0.2, 0.25) is 0 Å². The monoisotopic (exact) mass is 313 g/mol. The van der Waals surface area contributed by atoms with Crippen LogP contribution < -0.4 is 5.56 Å². The molecule has 1 fully saturated rings. The van der Waals surface area contributed by atoms with Crippen molar-refractivity contribution in [2.75, 3.05) is 13.1 Å². The van der Waals surface area contributed by atoms with Gasteiger partial charge in [-0.1, -0.05) is 37.6 Å². The van der Waals surface area contributed by atoms with Crippen LogP contribution in [0, 0.1) is 0 Å². The first-order valence-electron chi connectivity index (χ1n) is 8.27. The van der Waals surface area contributed by atoms with E-state index in [4.69, 9.17) is 0 Å². The molecule has 2 heterocycles. The maximum Gasteiger partial charge on any atom is 0.264 e. The third kappa shape index (κ3) is 3.21. The van der Waals surface area contributed by atoms with Crippen molar-refractivity contribution < 1.29 is 5.11 Å². The van der Waals surface area contributed by atoms with Crippen LogP contribution in [0.4, 0.5) is 0 Å². The number of hydrogen-bond acceptors (Lipinski definition) is 4. The third-order valence-corrected chi connectivity index (χ3v) is 4.69. The third-order valence-electron chi connectivity index (χ3n) is 4.69. The zero-order chi connectivity index (χ0) is 16.3. The predicted octanol–water partition coefficient (Wildman–Crippen LogP) is 2.48. The summed E-state index contributed by atoms with van der Waals surface area (Å²) in [5, 5.41) is 17.7. The molecule has 1 atom stereocenters. The molecule has 3 rings (SSSR count). The Labute approximate surface area is 136 Å². The second kappa shape index (κ2) is 6.64. The molecule has 1 aliphatic heterocycles. The van der Waals surface area contributed by atoms with Crippen LogP contribution in [0.5, 0.6) is 0 Å². The molecular formula is C18H23N3O2.